The molecule has 0 aliphatic carbocycles. The molecule has 4 aromatic rings. The molecule has 0 bridgehead atoms. The number of fused-ring (bicyclic) bond motifs is 1. The Balaban J connectivity index is 1.87. The molecule has 0 saturated heterocycles. The van der Waals surface area contributed by atoms with Crippen molar-refractivity contribution >= 4 is 40.6 Å². The van der Waals surface area contributed by atoms with Crippen molar-refractivity contribution in [3.63, 3.8) is 0 Å². The summed E-state index contributed by atoms with van der Waals surface area (Å²) in [5.41, 5.74) is 1.21. The van der Waals surface area contributed by atoms with Crippen LogP contribution in [0.15, 0.2) is 70.1 Å². The molecule has 0 radical (unpaired) electrons. The van der Waals surface area contributed by atoms with Crippen molar-refractivity contribution < 1.29 is 13.9 Å². The molecular formula is C23H17ClN2O4. The van der Waals surface area contributed by atoms with Crippen LogP contribution in [0.3, 0.4) is 0 Å². The first-order chi connectivity index (χ1) is 14.6. The normalized spacial score (nSPS) is 11.3. The minimum absolute atomic E-state index is 0.250. The van der Waals surface area contributed by atoms with Crippen LogP contribution < -0.4 is 5.56 Å². The lowest BCUT2D eigenvalue weighted by Crippen LogP contribution is -2.22. The van der Waals surface area contributed by atoms with Gasteiger partial charge >= 0.3 is 5.97 Å². The maximum atomic E-state index is 13.3. The van der Waals surface area contributed by atoms with E-state index < -0.39 is 5.97 Å². The SMILES string of the molecule is CCOC(=O)c1ccc(-n2c(/C=C/c3ccco3)nc3cc(Cl)ccc3c2=O)cc1. The topological polar surface area (TPSA) is 74.3 Å². The fourth-order valence-corrected chi connectivity index (χ4v) is 3.21. The molecule has 2 aromatic heterocycles. The molecule has 0 aliphatic rings. The second-order valence-corrected chi connectivity index (χ2v) is 6.82. The third-order valence-electron chi connectivity index (χ3n) is 4.43. The van der Waals surface area contributed by atoms with Crippen LogP contribution in [-0.4, -0.2) is 22.1 Å². The predicted octanol–water partition coefficient (Wildman–Crippen LogP) is 4.98. The molecular weight excluding hydrogens is 404 g/mol. The molecule has 0 spiro atoms. The summed E-state index contributed by atoms with van der Waals surface area (Å²) in [6, 6.07) is 15.1. The van der Waals surface area contributed by atoms with Crippen molar-refractivity contribution in [3.8, 4) is 5.69 Å². The lowest BCUT2D eigenvalue weighted by Gasteiger charge is -2.12. The largest absolute Gasteiger partial charge is 0.465 e. The van der Waals surface area contributed by atoms with Gasteiger partial charge in [0.25, 0.3) is 5.56 Å². The molecule has 30 heavy (non-hydrogen) atoms. The quantitative estimate of drug-likeness (QED) is 0.426. The van der Waals surface area contributed by atoms with Crippen molar-refractivity contribution in [1.29, 1.82) is 0 Å². The van der Waals surface area contributed by atoms with Crippen LogP contribution in [0.25, 0.3) is 28.7 Å². The Morgan fingerprint density at radius 3 is 2.67 bits per heavy atom. The monoisotopic (exact) mass is 420 g/mol. The van der Waals surface area contributed by atoms with E-state index in [1.165, 1.54) is 4.57 Å². The highest BCUT2D eigenvalue weighted by atomic mass is 35.5. The minimum atomic E-state index is -0.416. The summed E-state index contributed by atoms with van der Waals surface area (Å²) in [6.07, 6.45) is 4.98. The van der Waals surface area contributed by atoms with Gasteiger partial charge in [-0.3, -0.25) is 9.36 Å². The Bertz CT molecular complexity index is 1290. The number of benzene rings is 2. The third-order valence-corrected chi connectivity index (χ3v) is 4.67. The molecule has 6 nitrogen and oxygen atoms in total. The van der Waals surface area contributed by atoms with Crippen LogP contribution in [0.5, 0.6) is 0 Å². The van der Waals surface area contributed by atoms with Gasteiger partial charge in [0, 0.05) is 5.02 Å². The number of carbonyl (C=O) groups excluding carboxylic acids is 1. The van der Waals surface area contributed by atoms with Gasteiger partial charge < -0.3 is 9.15 Å². The van der Waals surface area contributed by atoms with E-state index in [2.05, 4.69) is 4.98 Å². The van der Waals surface area contributed by atoms with E-state index in [4.69, 9.17) is 20.8 Å². The molecule has 0 unspecified atom stereocenters. The Kier molecular flexibility index (Phi) is 5.50. The number of aromatic nitrogens is 2. The van der Waals surface area contributed by atoms with Crippen LogP contribution >= 0.6 is 11.6 Å². The summed E-state index contributed by atoms with van der Waals surface area (Å²) in [7, 11) is 0. The number of hydrogen-bond donors (Lipinski definition) is 0. The smallest absolute Gasteiger partial charge is 0.338 e. The van der Waals surface area contributed by atoms with Crippen molar-refractivity contribution in [2.24, 2.45) is 0 Å². The van der Waals surface area contributed by atoms with Crippen molar-refractivity contribution in [1.82, 2.24) is 9.55 Å². The highest BCUT2D eigenvalue weighted by Gasteiger charge is 2.13. The predicted molar refractivity (Wildman–Crippen MR) is 116 cm³/mol. The maximum absolute atomic E-state index is 13.3. The van der Waals surface area contributed by atoms with E-state index >= 15 is 0 Å². The number of hydrogen-bond acceptors (Lipinski definition) is 5. The molecule has 0 amide bonds. The molecule has 7 heteroatoms. The Hall–Kier alpha value is -3.64. The molecule has 0 aliphatic heterocycles. The average molecular weight is 421 g/mol. The van der Waals surface area contributed by atoms with Crippen molar-refractivity contribution in [2.75, 3.05) is 6.61 Å². The van der Waals surface area contributed by atoms with Crippen molar-refractivity contribution in [3.05, 3.63) is 93.4 Å². The van der Waals surface area contributed by atoms with Gasteiger partial charge in [0.05, 0.1) is 35.0 Å². The zero-order valence-electron chi connectivity index (χ0n) is 16.0. The molecule has 2 aromatic carbocycles. The van der Waals surface area contributed by atoms with E-state index in [-0.39, 0.29) is 5.56 Å². The minimum Gasteiger partial charge on any atom is -0.465 e. The van der Waals surface area contributed by atoms with Crippen LogP contribution in [0, 0.1) is 0 Å². The molecule has 2 heterocycles. The van der Waals surface area contributed by atoms with Crippen LogP contribution in [0.1, 0.15) is 28.9 Å². The summed E-state index contributed by atoms with van der Waals surface area (Å²) in [5.74, 6) is 0.607. The van der Waals surface area contributed by atoms with Crippen LogP contribution in [0.2, 0.25) is 5.02 Å². The van der Waals surface area contributed by atoms with E-state index in [9.17, 15) is 9.59 Å². The second-order valence-electron chi connectivity index (χ2n) is 6.39. The first kappa shape index (κ1) is 19.7. The van der Waals surface area contributed by atoms with Gasteiger partial charge in [-0.05, 0) is 73.7 Å². The third kappa shape index (κ3) is 3.90. The van der Waals surface area contributed by atoms with E-state index in [1.54, 1.807) is 79.9 Å². The van der Waals surface area contributed by atoms with Gasteiger partial charge in [0.15, 0.2) is 0 Å². The first-order valence-corrected chi connectivity index (χ1v) is 9.66. The van der Waals surface area contributed by atoms with E-state index in [0.717, 1.165) is 0 Å². The summed E-state index contributed by atoms with van der Waals surface area (Å²) in [6.45, 7) is 2.04. The van der Waals surface area contributed by atoms with Gasteiger partial charge in [-0.1, -0.05) is 11.6 Å². The number of nitrogens with zero attached hydrogens (tertiary/aromatic N) is 2. The average Bonchev–Trinajstić information content (AvgIpc) is 3.26. The standard InChI is InChI=1S/C23H17ClN2O4/c1-2-29-23(28)15-5-8-17(9-6-15)26-21(12-10-18-4-3-13-30-18)25-20-14-16(24)7-11-19(20)22(26)27/h3-14H,2H2,1H3/b12-10+. The summed E-state index contributed by atoms with van der Waals surface area (Å²) >= 11 is 6.09. The van der Waals surface area contributed by atoms with Crippen LogP contribution in [0.4, 0.5) is 0 Å². The summed E-state index contributed by atoms with van der Waals surface area (Å²) in [5, 5.41) is 0.927. The molecule has 4 rings (SSSR count). The van der Waals surface area contributed by atoms with Gasteiger partial charge in [0.1, 0.15) is 11.6 Å². The Labute approximate surface area is 177 Å². The molecule has 150 valence electrons. The highest BCUT2D eigenvalue weighted by Crippen LogP contribution is 2.19. The molecule has 0 atom stereocenters. The molecule has 0 saturated carbocycles. The summed E-state index contributed by atoms with van der Waals surface area (Å²) < 4.78 is 11.8. The number of ether oxygens (including phenoxy) is 1. The zero-order chi connectivity index (χ0) is 21.1. The number of halogens is 1. The first-order valence-electron chi connectivity index (χ1n) is 9.28. The second kappa shape index (κ2) is 8.39. The zero-order valence-corrected chi connectivity index (χ0v) is 16.8. The number of furan rings is 1. The van der Waals surface area contributed by atoms with E-state index in [0.29, 0.717) is 45.4 Å². The fraction of sp³-hybridized carbons (Fsp3) is 0.0870. The fourth-order valence-electron chi connectivity index (χ4n) is 3.04. The molecule has 0 fully saturated rings. The lowest BCUT2D eigenvalue weighted by molar-refractivity contribution is 0.0526. The Morgan fingerprint density at radius 1 is 1.17 bits per heavy atom. The van der Waals surface area contributed by atoms with Gasteiger partial charge in [0.2, 0.25) is 0 Å². The van der Waals surface area contributed by atoms with Gasteiger partial charge in [-0.2, -0.15) is 0 Å². The number of esters is 1. The van der Waals surface area contributed by atoms with Gasteiger partial charge in [-0.15, -0.1) is 0 Å². The Morgan fingerprint density at radius 2 is 1.97 bits per heavy atom. The summed E-state index contributed by atoms with van der Waals surface area (Å²) in [4.78, 5) is 29.8. The molecule has 0 N–H and O–H groups in total. The van der Waals surface area contributed by atoms with Crippen molar-refractivity contribution in [2.45, 2.75) is 6.92 Å². The number of rotatable bonds is 5. The van der Waals surface area contributed by atoms with E-state index in [1.807, 2.05) is 0 Å². The van der Waals surface area contributed by atoms with Gasteiger partial charge in [-0.25, -0.2) is 9.78 Å². The van der Waals surface area contributed by atoms with Crippen LogP contribution in [-0.2, 0) is 4.74 Å². The lowest BCUT2D eigenvalue weighted by atomic mass is 10.2. The maximum Gasteiger partial charge on any atom is 0.338 e. The highest BCUT2D eigenvalue weighted by molar-refractivity contribution is 6.31. The number of carbonyl (C=O) groups is 1.